The molecule has 1 unspecified atom stereocenters. The number of rotatable bonds is 1. The fraction of sp³-hybridized carbons (Fsp3) is 0.400. The molecule has 1 atom stereocenters. The van der Waals surface area contributed by atoms with Crippen LogP contribution in [-0.4, -0.2) is 12.3 Å². The molecule has 0 amide bonds. The Kier molecular flexibility index (Phi) is 3.12. The Morgan fingerprint density at radius 1 is 1.25 bits per heavy atom. The predicted octanol–water partition coefficient (Wildman–Crippen LogP) is 3.18. The topological polar surface area (TPSA) is 12.0 Å². The zero-order valence-electron chi connectivity index (χ0n) is 8.14. The van der Waals surface area contributed by atoms with E-state index in [2.05, 4.69) is 5.32 Å². The van der Waals surface area contributed by atoms with Gasteiger partial charge in [0.25, 0.3) is 0 Å². The van der Waals surface area contributed by atoms with Crippen LogP contribution in [0.4, 0.5) is 17.6 Å². The molecule has 0 spiro atoms. The van der Waals surface area contributed by atoms with Crippen molar-refractivity contribution >= 4 is 11.8 Å². The van der Waals surface area contributed by atoms with Crippen molar-refractivity contribution in [2.45, 2.75) is 11.6 Å². The summed E-state index contributed by atoms with van der Waals surface area (Å²) < 4.78 is 50.4. The van der Waals surface area contributed by atoms with Gasteiger partial charge in [-0.3, -0.25) is 0 Å². The highest BCUT2D eigenvalue weighted by Crippen LogP contribution is 2.35. The molecule has 1 heterocycles. The zero-order valence-corrected chi connectivity index (χ0v) is 8.96. The third-order valence-corrected chi connectivity index (χ3v) is 3.48. The van der Waals surface area contributed by atoms with E-state index >= 15 is 0 Å². The summed E-state index contributed by atoms with van der Waals surface area (Å²) in [5.74, 6) is -0.0261. The standard InChI is InChI=1S/C10H9F4NS/c11-8-4-6(9-15-1-2-16-9)3-7(5-8)10(12,13)14/h3-5,9,15H,1-2H2. The maximum Gasteiger partial charge on any atom is 0.416 e. The first-order valence-corrected chi connectivity index (χ1v) is 5.74. The minimum atomic E-state index is -4.50. The third kappa shape index (κ3) is 2.49. The number of nitrogens with one attached hydrogen (secondary N) is 1. The monoisotopic (exact) mass is 251 g/mol. The maximum atomic E-state index is 13.1. The van der Waals surface area contributed by atoms with Crippen molar-refractivity contribution in [3.05, 3.63) is 35.1 Å². The lowest BCUT2D eigenvalue weighted by molar-refractivity contribution is -0.137. The van der Waals surface area contributed by atoms with E-state index in [0.717, 1.165) is 24.4 Å². The van der Waals surface area contributed by atoms with E-state index in [-0.39, 0.29) is 5.37 Å². The summed E-state index contributed by atoms with van der Waals surface area (Å²) in [4.78, 5) is 0. The molecule has 1 aliphatic heterocycles. The molecule has 1 fully saturated rings. The molecule has 0 radical (unpaired) electrons. The lowest BCUT2D eigenvalue weighted by atomic mass is 10.1. The molecule has 1 N–H and O–H groups in total. The van der Waals surface area contributed by atoms with Gasteiger partial charge in [-0.1, -0.05) is 0 Å². The number of benzene rings is 1. The van der Waals surface area contributed by atoms with E-state index < -0.39 is 17.6 Å². The van der Waals surface area contributed by atoms with Crippen molar-refractivity contribution in [1.29, 1.82) is 0 Å². The lowest BCUT2D eigenvalue weighted by Gasteiger charge is -2.13. The van der Waals surface area contributed by atoms with Crippen molar-refractivity contribution in [2.24, 2.45) is 0 Å². The molecule has 2 rings (SSSR count). The molecule has 0 aliphatic carbocycles. The fourth-order valence-corrected chi connectivity index (χ4v) is 2.60. The van der Waals surface area contributed by atoms with Crippen LogP contribution in [0.5, 0.6) is 0 Å². The number of halogens is 4. The molecule has 1 aromatic rings. The summed E-state index contributed by atoms with van der Waals surface area (Å²) in [7, 11) is 0. The van der Waals surface area contributed by atoms with Crippen molar-refractivity contribution in [3.63, 3.8) is 0 Å². The second kappa shape index (κ2) is 4.25. The van der Waals surface area contributed by atoms with Crippen molar-refractivity contribution in [2.75, 3.05) is 12.3 Å². The number of hydrogen-bond acceptors (Lipinski definition) is 2. The number of alkyl halides is 3. The summed E-state index contributed by atoms with van der Waals surface area (Å²) in [6, 6.07) is 2.66. The van der Waals surface area contributed by atoms with Gasteiger partial charge >= 0.3 is 6.18 Å². The van der Waals surface area contributed by atoms with Gasteiger partial charge in [-0.15, -0.1) is 11.8 Å². The summed E-state index contributed by atoms with van der Waals surface area (Å²) in [5, 5.41) is 2.77. The Morgan fingerprint density at radius 3 is 2.56 bits per heavy atom. The van der Waals surface area contributed by atoms with Crippen LogP contribution < -0.4 is 5.32 Å². The highest BCUT2D eigenvalue weighted by molar-refractivity contribution is 7.99. The van der Waals surface area contributed by atoms with Crippen LogP contribution in [0.1, 0.15) is 16.5 Å². The SMILES string of the molecule is Fc1cc(C2NCCS2)cc(C(F)(F)F)c1. The first-order valence-electron chi connectivity index (χ1n) is 4.69. The molecule has 16 heavy (non-hydrogen) atoms. The first-order chi connectivity index (χ1) is 7.47. The average Bonchev–Trinajstić information content (AvgIpc) is 2.68. The zero-order chi connectivity index (χ0) is 11.8. The highest BCUT2D eigenvalue weighted by atomic mass is 32.2. The second-order valence-corrected chi connectivity index (χ2v) is 4.69. The van der Waals surface area contributed by atoms with Gasteiger partial charge in [0.15, 0.2) is 0 Å². The molecule has 88 valence electrons. The molecule has 1 aliphatic rings. The Balaban J connectivity index is 2.35. The average molecular weight is 251 g/mol. The fourth-order valence-electron chi connectivity index (χ4n) is 1.57. The Hall–Kier alpha value is -0.750. The lowest BCUT2D eigenvalue weighted by Crippen LogP contribution is -2.14. The minimum Gasteiger partial charge on any atom is -0.301 e. The Bertz CT molecular complexity index is 385. The summed E-state index contributed by atoms with van der Waals surface area (Å²) in [6.45, 7) is 0.729. The van der Waals surface area contributed by atoms with Crippen LogP contribution in [0.15, 0.2) is 18.2 Å². The normalized spacial score (nSPS) is 21.4. The van der Waals surface area contributed by atoms with Gasteiger partial charge in [-0.25, -0.2) is 4.39 Å². The maximum absolute atomic E-state index is 13.1. The van der Waals surface area contributed by atoms with Gasteiger partial charge in [-0.05, 0) is 23.8 Å². The Morgan fingerprint density at radius 2 is 2.00 bits per heavy atom. The van der Waals surface area contributed by atoms with Crippen LogP contribution in [0.3, 0.4) is 0 Å². The van der Waals surface area contributed by atoms with E-state index in [9.17, 15) is 17.6 Å². The smallest absolute Gasteiger partial charge is 0.301 e. The number of hydrogen-bond donors (Lipinski definition) is 1. The van der Waals surface area contributed by atoms with Gasteiger partial charge in [0, 0.05) is 12.3 Å². The highest BCUT2D eigenvalue weighted by Gasteiger charge is 2.32. The van der Waals surface area contributed by atoms with Crippen molar-refractivity contribution < 1.29 is 17.6 Å². The Labute approximate surface area is 94.2 Å². The van der Waals surface area contributed by atoms with Gasteiger partial charge in [-0.2, -0.15) is 13.2 Å². The molecule has 0 aromatic heterocycles. The van der Waals surface area contributed by atoms with E-state index in [1.54, 1.807) is 0 Å². The van der Waals surface area contributed by atoms with Gasteiger partial charge in [0.1, 0.15) is 5.82 Å². The van der Waals surface area contributed by atoms with Crippen LogP contribution in [0.25, 0.3) is 0 Å². The van der Waals surface area contributed by atoms with Gasteiger partial charge in [0.2, 0.25) is 0 Å². The van der Waals surface area contributed by atoms with Crippen molar-refractivity contribution in [1.82, 2.24) is 5.32 Å². The summed E-state index contributed by atoms with van der Waals surface area (Å²) in [6.07, 6.45) is -4.50. The van der Waals surface area contributed by atoms with Gasteiger partial charge < -0.3 is 5.32 Å². The number of thioether (sulfide) groups is 1. The molecule has 0 bridgehead atoms. The minimum absolute atomic E-state index is 0.239. The molecular weight excluding hydrogens is 242 g/mol. The third-order valence-electron chi connectivity index (χ3n) is 2.27. The first kappa shape index (κ1) is 11.7. The predicted molar refractivity (Wildman–Crippen MR) is 54.6 cm³/mol. The van der Waals surface area contributed by atoms with E-state index in [1.165, 1.54) is 11.8 Å². The molecule has 0 saturated carbocycles. The molecule has 1 aromatic carbocycles. The molecule has 6 heteroatoms. The van der Waals surface area contributed by atoms with E-state index in [0.29, 0.717) is 11.6 Å². The van der Waals surface area contributed by atoms with Crippen LogP contribution >= 0.6 is 11.8 Å². The van der Waals surface area contributed by atoms with E-state index in [1.807, 2.05) is 0 Å². The quantitative estimate of drug-likeness (QED) is 0.769. The van der Waals surface area contributed by atoms with Gasteiger partial charge in [0.05, 0.1) is 10.9 Å². The molecular formula is C10H9F4NS. The second-order valence-electron chi connectivity index (χ2n) is 3.48. The summed E-state index contributed by atoms with van der Waals surface area (Å²) >= 11 is 1.48. The molecule has 1 nitrogen and oxygen atoms in total. The van der Waals surface area contributed by atoms with Crippen molar-refractivity contribution in [3.8, 4) is 0 Å². The van der Waals surface area contributed by atoms with E-state index in [4.69, 9.17) is 0 Å². The summed E-state index contributed by atoms with van der Waals surface area (Å²) in [5.41, 5.74) is -0.591. The van der Waals surface area contributed by atoms with Crippen LogP contribution in [0, 0.1) is 5.82 Å². The largest absolute Gasteiger partial charge is 0.416 e. The molecule has 1 saturated heterocycles. The van der Waals surface area contributed by atoms with Crippen LogP contribution in [0.2, 0.25) is 0 Å². The van der Waals surface area contributed by atoms with Crippen LogP contribution in [-0.2, 0) is 6.18 Å².